The van der Waals surface area contributed by atoms with Crippen LogP contribution in [0.2, 0.25) is 0 Å². The maximum Gasteiger partial charge on any atom is 0.279 e. The van der Waals surface area contributed by atoms with E-state index in [0.717, 1.165) is 32.6 Å². The van der Waals surface area contributed by atoms with Gasteiger partial charge in [-0.05, 0) is 24.3 Å². The van der Waals surface area contributed by atoms with Crippen molar-refractivity contribution in [1.29, 1.82) is 0 Å². The third-order valence-electron chi connectivity index (χ3n) is 5.40. The van der Waals surface area contributed by atoms with Gasteiger partial charge in [0.2, 0.25) is 0 Å². The van der Waals surface area contributed by atoms with Crippen molar-refractivity contribution < 1.29 is 14.6 Å². The molecule has 0 radical (unpaired) electrons. The third kappa shape index (κ3) is 4.59. The number of methoxy groups -OCH3 is 1. The summed E-state index contributed by atoms with van der Waals surface area (Å²) in [5, 5.41) is 20.0. The van der Waals surface area contributed by atoms with Crippen LogP contribution in [-0.4, -0.2) is 32.9 Å². The second-order valence-electron chi connectivity index (χ2n) is 7.74. The van der Waals surface area contributed by atoms with Gasteiger partial charge in [-0.2, -0.15) is 9.78 Å². The normalized spacial score (nSPS) is 10.7. The number of nitrogens with one attached hydrogen (secondary N) is 1. The molecular formula is C27H20N4O4S. The Morgan fingerprint density at radius 2 is 1.69 bits per heavy atom. The minimum Gasteiger partial charge on any atom is -0.505 e. The van der Waals surface area contributed by atoms with Gasteiger partial charge in [0, 0.05) is 28.3 Å². The van der Waals surface area contributed by atoms with E-state index in [4.69, 9.17) is 9.72 Å². The molecule has 3 aromatic carbocycles. The summed E-state index contributed by atoms with van der Waals surface area (Å²) in [5.41, 5.74) is 2.74. The molecule has 1 amide bonds. The Balaban J connectivity index is 1.37. The van der Waals surface area contributed by atoms with Gasteiger partial charge in [0.05, 0.1) is 12.8 Å². The summed E-state index contributed by atoms with van der Waals surface area (Å²) in [4.78, 5) is 30.1. The van der Waals surface area contributed by atoms with Crippen molar-refractivity contribution in [2.24, 2.45) is 0 Å². The van der Waals surface area contributed by atoms with Crippen LogP contribution in [0.25, 0.3) is 27.5 Å². The lowest BCUT2D eigenvalue weighted by molar-refractivity contribution is 0.101. The van der Waals surface area contributed by atoms with Crippen molar-refractivity contribution in [1.82, 2.24) is 14.8 Å². The highest BCUT2D eigenvalue weighted by molar-refractivity contribution is 7.13. The van der Waals surface area contributed by atoms with Gasteiger partial charge in [-0.1, -0.05) is 54.6 Å². The smallest absolute Gasteiger partial charge is 0.279 e. The molecule has 0 aliphatic rings. The summed E-state index contributed by atoms with van der Waals surface area (Å²) in [6.45, 7) is 0. The molecule has 0 spiro atoms. The van der Waals surface area contributed by atoms with Crippen LogP contribution in [0.3, 0.4) is 0 Å². The SMILES string of the molecule is COc1ccccc1-n1nc(C(=O)Nc2ccc(-c3csc(-c4ccccc4)n3)cc2)c(O)cc1=O. The van der Waals surface area contributed by atoms with Crippen LogP contribution in [0.15, 0.2) is 95.1 Å². The zero-order valence-electron chi connectivity index (χ0n) is 19.1. The number of carbonyl (C=O) groups is 1. The molecule has 0 saturated carbocycles. The van der Waals surface area contributed by atoms with Crippen LogP contribution in [0.1, 0.15) is 10.5 Å². The van der Waals surface area contributed by atoms with E-state index in [1.54, 1.807) is 47.7 Å². The van der Waals surface area contributed by atoms with Crippen LogP contribution in [0.4, 0.5) is 5.69 Å². The van der Waals surface area contributed by atoms with E-state index in [9.17, 15) is 14.7 Å². The lowest BCUT2D eigenvalue weighted by Crippen LogP contribution is -2.25. The zero-order chi connectivity index (χ0) is 25.1. The van der Waals surface area contributed by atoms with Crippen molar-refractivity contribution in [3.63, 3.8) is 0 Å². The number of para-hydroxylation sites is 2. The third-order valence-corrected chi connectivity index (χ3v) is 6.29. The number of hydrogen-bond donors (Lipinski definition) is 2. The molecule has 0 aliphatic heterocycles. The summed E-state index contributed by atoms with van der Waals surface area (Å²) >= 11 is 1.56. The van der Waals surface area contributed by atoms with Crippen molar-refractivity contribution >= 4 is 22.9 Å². The Kier molecular flexibility index (Phi) is 6.29. The number of nitrogens with zero attached hydrogens (tertiary/aromatic N) is 3. The van der Waals surface area contributed by atoms with Crippen molar-refractivity contribution in [3.8, 4) is 39.0 Å². The van der Waals surface area contributed by atoms with Gasteiger partial charge in [0.25, 0.3) is 11.5 Å². The molecule has 0 aliphatic carbocycles. The number of rotatable bonds is 6. The molecule has 5 rings (SSSR count). The van der Waals surface area contributed by atoms with Gasteiger partial charge in [-0.25, -0.2) is 4.98 Å². The second kappa shape index (κ2) is 9.85. The number of aromatic nitrogens is 3. The Hall–Kier alpha value is -4.76. The first-order chi connectivity index (χ1) is 17.5. The first kappa shape index (κ1) is 23.0. The van der Waals surface area contributed by atoms with E-state index in [1.807, 2.05) is 47.8 Å². The van der Waals surface area contributed by atoms with Gasteiger partial charge in [-0.3, -0.25) is 9.59 Å². The molecule has 36 heavy (non-hydrogen) atoms. The van der Waals surface area contributed by atoms with E-state index in [2.05, 4.69) is 10.4 Å². The second-order valence-corrected chi connectivity index (χ2v) is 8.59. The molecule has 8 nitrogen and oxygen atoms in total. The van der Waals surface area contributed by atoms with Gasteiger partial charge in [-0.15, -0.1) is 11.3 Å². The number of hydrogen-bond acceptors (Lipinski definition) is 7. The first-order valence-electron chi connectivity index (χ1n) is 10.9. The number of benzene rings is 3. The summed E-state index contributed by atoms with van der Waals surface area (Å²) in [6.07, 6.45) is 0. The lowest BCUT2D eigenvalue weighted by Gasteiger charge is -2.12. The van der Waals surface area contributed by atoms with Gasteiger partial charge >= 0.3 is 0 Å². The summed E-state index contributed by atoms with van der Waals surface area (Å²) in [7, 11) is 1.47. The van der Waals surface area contributed by atoms with Crippen LogP contribution in [0.5, 0.6) is 11.5 Å². The van der Waals surface area contributed by atoms with Crippen LogP contribution >= 0.6 is 11.3 Å². The average Bonchev–Trinajstić information content (AvgIpc) is 3.40. The lowest BCUT2D eigenvalue weighted by atomic mass is 10.1. The fourth-order valence-electron chi connectivity index (χ4n) is 3.62. The molecule has 2 N–H and O–H groups in total. The van der Waals surface area contributed by atoms with E-state index in [0.29, 0.717) is 17.1 Å². The summed E-state index contributed by atoms with van der Waals surface area (Å²) in [5.74, 6) is -0.780. The quantitative estimate of drug-likeness (QED) is 0.343. The standard InChI is InChI=1S/C27H20N4O4S/c1-35-23-10-6-5-9-21(23)31-24(33)15-22(32)25(30-31)26(34)28-19-13-11-17(12-14-19)20-16-36-27(29-20)18-7-3-2-4-8-18/h2-16,32H,1H3,(H,28,34). The molecule has 0 bridgehead atoms. The molecule has 0 unspecified atom stereocenters. The predicted molar refractivity (Wildman–Crippen MR) is 139 cm³/mol. The van der Waals surface area contributed by atoms with E-state index in [-0.39, 0.29) is 5.69 Å². The molecule has 0 fully saturated rings. The minimum absolute atomic E-state index is 0.295. The molecule has 0 atom stereocenters. The first-order valence-corrected chi connectivity index (χ1v) is 11.8. The fraction of sp³-hybridized carbons (Fsp3) is 0.0370. The number of anilines is 1. The van der Waals surface area contributed by atoms with E-state index >= 15 is 0 Å². The Labute approximate surface area is 210 Å². The number of amides is 1. The highest BCUT2D eigenvalue weighted by Gasteiger charge is 2.18. The van der Waals surface area contributed by atoms with E-state index < -0.39 is 17.2 Å². The molecule has 9 heteroatoms. The van der Waals surface area contributed by atoms with Gasteiger partial charge < -0.3 is 15.2 Å². The van der Waals surface area contributed by atoms with Crippen molar-refractivity contribution in [2.75, 3.05) is 12.4 Å². The van der Waals surface area contributed by atoms with Crippen LogP contribution in [0, 0.1) is 0 Å². The largest absolute Gasteiger partial charge is 0.505 e. The fourth-order valence-corrected chi connectivity index (χ4v) is 4.46. The average molecular weight is 497 g/mol. The van der Waals surface area contributed by atoms with Crippen LogP contribution in [-0.2, 0) is 0 Å². The van der Waals surface area contributed by atoms with Gasteiger partial charge in [0.1, 0.15) is 16.4 Å². The highest BCUT2D eigenvalue weighted by atomic mass is 32.1. The molecule has 178 valence electrons. The number of thiazole rings is 1. The van der Waals surface area contributed by atoms with Crippen molar-refractivity contribution in [2.45, 2.75) is 0 Å². The number of carbonyl (C=O) groups excluding carboxylic acids is 1. The number of aromatic hydroxyl groups is 1. The maximum atomic E-state index is 12.9. The Bertz CT molecular complexity index is 1590. The van der Waals surface area contributed by atoms with Crippen LogP contribution < -0.4 is 15.6 Å². The number of ether oxygens (including phenoxy) is 1. The topological polar surface area (TPSA) is 106 Å². The molecule has 2 aromatic heterocycles. The molecule has 2 heterocycles. The summed E-state index contributed by atoms with van der Waals surface area (Å²) in [6, 6.07) is 24.8. The zero-order valence-corrected chi connectivity index (χ0v) is 19.9. The molecular weight excluding hydrogens is 476 g/mol. The molecule has 0 saturated heterocycles. The van der Waals surface area contributed by atoms with E-state index in [1.165, 1.54) is 7.11 Å². The highest BCUT2D eigenvalue weighted by Crippen LogP contribution is 2.29. The maximum absolute atomic E-state index is 12.9. The van der Waals surface area contributed by atoms with Crippen molar-refractivity contribution in [3.05, 3.63) is 106 Å². The molecule has 5 aromatic rings. The Morgan fingerprint density at radius 3 is 2.44 bits per heavy atom. The van der Waals surface area contributed by atoms with Gasteiger partial charge in [0.15, 0.2) is 11.4 Å². The predicted octanol–water partition coefficient (Wildman–Crippen LogP) is 4.99. The summed E-state index contributed by atoms with van der Waals surface area (Å²) < 4.78 is 6.31. The minimum atomic E-state index is -0.663. The Morgan fingerprint density at radius 1 is 0.972 bits per heavy atom. The monoisotopic (exact) mass is 496 g/mol.